The van der Waals surface area contributed by atoms with Crippen LogP contribution in [0.2, 0.25) is 5.02 Å². The summed E-state index contributed by atoms with van der Waals surface area (Å²) in [5.74, 6) is 0. The van der Waals surface area contributed by atoms with Crippen molar-refractivity contribution in [3.05, 3.63) is 23.2 Å². The van der Waals surface area contributed by atoms with E-state index in [0.29, 0.717) is 4.90 Å². The van der Waals surface area contributed by atoms with Crippen LogP contribution in [-0.4, -0.2) is 8.42 Å². The highest BCUT2D eigenvalue weighted by Gasteiger charge is 2.13. The van der Waals surface area contributed by atoms with Crippen LogP contribution < -0.4 is 5.14 Å². The second kappa shape index (κ2) is 3.26. The number of rotatable bonds is 1. The van der Waals surface area contributed by atoms with E-state index >= 15 is 0 Å². The van der Waals surface area contributed by atoms with E-state index in [1.54, 1.807) is 6.07 Å². The van der Waals surface area contributed by atoms with Crippen LogP contribution >= 0.6 is 24.2 Å². The van der Waals surface area contributed by atoms with E-state index in [1.807, 2.05) is 0 Å². The largest absolute Gasteiger partial charge is 0.239 e. The van der Waals surface area contributed by atoms with Crippen LogP contribution in [0.1, 0.15) is 0 Å². The van der Waals surface area contributed by atoms with E-state index in [0.717, 1.165) is 0 Å². The van der Waals surface area contributed by atoms with Crippen molar-refractivity contribution >= 4 is 34.3 Å². The third-order valence-electron chi connectivity index (χ3n) is 1.25. The van der Waals surface area contributed by atoms with E-state index in [1.165, 1.54) is 12.1 Å². The summed E-state index contributed by atoms with van der Waals surface area (Å²) in [6.07, 6.45) is 0. The predicted molar refractivity (Wildman–Crippen MR) is 50.1 cm³/mol. The molecule has 0 spiro atoms. The maximum Gasteiger partial charge on any atom is 0.239 e. The van der Waals surface area contributed by atoms with Gasteiger partial charge >= 0.3 is 0 Å². The molecular formula is C6H6ClNO2S2. The minimum Gasteiger partial charge on any atom is -0.225 e. The first-order valence-corrected chi connectivity index (χ1v) is 5.30. The fourth-order valence-corrected chi connectivity index (χ4v) is 2.08. The van der Waals surface area contributed by atoms with Crippen molar-refractivity contribution in [3.63, 3.8) is 0 Å². The van der Waals surface area contributed by atoms with Crippen molar-refractivity contribution in [1.29, 1.82) is 0 Å². The maximum absolute atomic E-state index is 10.9. The maximum atomic E-state index is 10.9. The van der Waals surface area contributed by atoms with E-state index in [4.69, 9.17) is 16.7 Å². The van der Waals surface area contributed by atoms with Crippen molar-refractivity contribution in [2.45, 2.75) is 9.79 Å². The SMILES string of the molecule is NS(=O)(=O)c1cccc(S)c1Cl. The monoisotopic (exact) mass is 223 g/mol. The Morgan fingerprint density at radius 1 is 1.42 bits per heavy atom. The van der Waals surface area contributed by atoms with Gasteiger partial charge in [0.1, 0.15) is 4.90 Å². The average Bonchev–Trinajstić information content (AvgIpc) is 1.92. The Labute approximate surface area is 81.0 Å². The van der Waals surface area contributed by atoms with Gasteiger partial charge in [-0.3, -0.25) is 0 Å². The summed E-state index contributed by atoms with van der Waals surface area (Å²) < 4.78 is 21.7. The lowest BCUT2D eigenvalue weighted by Gasteiger charge is -2.02. The highest BCUT2D eigenvalue weighted by Crippen LogP contribution is 2.26. The van der Waals surface area contributed by atoms with Gasteiger partial charge in [0.05, 0.1) is 5.02 Å². The van der Waals surface area contributed by atoms with Crippen LogP contribution in [0.5, 0.6) is 0 Å². The molecule has 0 aliphatic heterocycles. The molecule has 0 fully saturated rings. The van der Waals surface area contributed by atoms with Gasteiger partial charge in [-0.25, -0.2) is 13.6 Å². The highest BCUT2D eigenvalue weighted by atomic mass is 35.5. The van der Waals surface area contributed by atoms with Gasteiger partial charge in [-0.05, 0) is 12.1 Å². The summed E-state index contributed by atoms with van der Waals surface area (Å²) in [5.41, 5.74) is 0. The Morgan fingerprint density at radius 2 is 2.00 bits per heavy atom. The first kappa shape index (κ1) is 9.85. The molecule has 1 rings (SSSR count). The Balaban J connectivity index is 3.47. The number of thiol groups is 1. The normalized spacial score (nSPS) is 11.6. The third kappa shape index (κ3) is 1.92. The molecule has 66 valence electrons. The molecule has 2 N–H and O–H groups in total. The molecular weight excluding hydrogens is 218 g/mol. The molecule has 0 unspecified atom stereocenters. The third-order valence-corrected chi connectivity index (χ3v) is 3.23. The lowest BCUT2D eigenvalue weighted by Crippen LogP contribution is -2.12. The number of hydrogen-bond donors (Lipinski definition) is 2. The summed E-state index contributed by atoms with van der Waals surface area (Å²) in [6, 6.07) is 4.44. The molecule has 1 aromatic rings. The number of hydrogen-bond acceptors (Lipinski definition) is 3. The average molecular weight is 224 g/mol. The molecule has 0 saturated heterocycles. The van der Waals surface area contributed by atoms with Gasteiger partial charge in [0.2, 0.25) is 10.0 Å². The summed E-state index contributed by atoms with van der Waals surface area (Å²) in [6.45, 7) is 0. The quantitative estimate of drug-likeness (QED) is 0.705. The molecule has 0 saturated carbocycles. The van der Waals surface area contributed by atoms with Crippen molar-refractivity contribution in [2.75, 3.05) is 0 Å². The van der Waals surface area contributed by atoms with Crippen LogP contribution in [0.3, 0.4) is 0 Å². The zero-order chi connectivity index (χ0) is 9.35. The molecule has 0 aliphatic carbocycles. The van der Waals surface area contributed by atoms with Gasteiger partial charge in [0.15, 0.2) is 0 Å². The molecule has 0 bridgehead atoms. The Morgan fingerprint density at radius 3 is 2.42 bits per heavy atom. The summed E-state index contributed by atoms with van der Waals surface area (Å²) >= 11 is 9.59. The predicted octanol–water partition coefficient (Wildman–Crippen LogP) is 1.28. The van der Waals surface area contributed by atoms with E-state index in [2.05, 4.69) is 12.6 Å². The topological polar surface area (TPSA) is 60.2 Å². The molecule has 6 heteroatoms. The van der Waals surface area contributed by atoms with Crippen LogP contribution in [0.4, 0.5) is 0 Å². The second-order valence-corrected chi connectivity index (χ2v) is 4.52. The van der Waals surface area contributed by atoms with Gasteiger partial charge in [0, 0.05) is 4.90 Å². The number of nitrogens with two attached hydrogens (primary N) is 1. The number of halogens is 1. The molecule has 0 atom stereocenters. The number of benzene rings is 1. The minimum absolute atomic E-state index is 0.0586. The van der Waals surface area contributed by atoms with Gasteiger partial charge in [0.25, 0.3) is 0 Å². The fraction of sp³-hybridized carbons (Fsp3) is 0. The lowest BCUT2D eigenvalue weighted by molar-refractivity contribution is 0.597. The Hall–Kier alpha value is -0.230. The first-order chi connectivity index (χ1) is 5.43. The van der Waals surface area contributed by atoms with Crippen LogP contribution in [-0.2, 0) is 10.0 Å². The smallest absolute Gasteiger partial charge is 0.225 e. The number of sulfonamides is 1. The van der Waals surface area contributed by atoms with Crippen LogP contribution in [0.15, 0.2) is 28.0 Å². The second-order valence-electron chi connectivity index (χ2n) is 2.13. The number of primary sulfonamides is 1. The summed E-state index contributed by atoms with van der Waals surface area (Å²) in [5, 5.41) is 4.94. The van der Waals surface area contributed by atoms with Gasteiger partial charge in [-0.1, -0.05) is 17.7 Å². The zero-order valence-electron chi connectivity index (χ0n) is 5.86. The molecule has 0 radical (unpaired) electrons. The van der Waals surface area contributed by atoms with Gasteiger partial charge < -0.3 is 0 Å². The molecule has 0 aliphatic rings. The standard InChI is InChI=1S/C6H6ClNO2S2/c7-6-4(11)2-1-3-5(6)12(8,9)10/h1-3,11H,(H2,8,9,10). The van der Waals surface area contributed by atoms with Gasteiger partial charge in [-0.2, -0.15) is 0 Å². The summed E-state index contributed by atoms with van der Waals surface area (Å²) in [4.78, 5) is 0.292. The van der Waals surface area contributed by atoms with Gasteiger partial charge in [-0.15, -0.1) is 12.6 Å². The van der Waals surface area contributed by atoms with E-state index in [9.17, 15) is 8.42 Å². The van der Waals surface area contributed by atoms with Crippen molar-refractivity contribution in [1.82, 2.24) is 0 Å². The Bertz CT molecular complexity index is 402. The zero-order valence-corrected chi connectivity index (χ0v) is 8.33. The molecule has 12 heavy (non-hydrogen) atoms. The van der Waals surface area contributed by atoms with Crippen LogP contribution in [0.25, 0.3) is 0 Å². The molecule has 1 aromatic carbocycles. The lowest BCUT2D eigenvalue weighted by atomic mass is 10.4. The molecule has 3 nitrogen and oxygen atoms in total. The highest BCUT2D eigenvalue weighted by molar-refractivity contribution is 7.89. The first-order valence-electron chi connectivity index (χ1n) is 2.93. The van der Waals surface area contributed by atoms with E-state index in [-0.39, 0.29) is 9.92 Å². The fourth-order valence-electron chi connectivity index (χ4n) is 0.719. The summed E-state index contributed by atoms with van der Waals surface area (Å²) in [7, 11) is -3.74. The van der Waals surface area contributed by atoms with Crippen molar-refractivity contribution in [2.24, 2.45) is 5.14 Å². The Kier molecular flexibility index (Phi) is 2.67. The van der Waals surface area contributed by atoms with Crippen molar-refractivity contribution in [3.8, 4) is 0 Å². The minimum atomic E-state index is -3.74. The molecule has 0 heterocycles. The molecule has 0 aromatic heterocycles. The van der Waals surface area contributed by atoms with E-state index < -0.39 is 10.0 Å². The van der Waals surface area contributed by atoms with Crippen LogP contribution in [0, 0.1) is 0 Å². The van der Waals surface area contributed by atoms with Crippen molar-refractivity contribution < 1.29 is 8.42 Å². The molecule has 0 amide bonds.